The Bertz CT molecular complexity index is 456. The number of esters is 1. The molecule has 0 radical (unpaired) electrons. The van der Waals surface area contributed by atoms with Crippen LogP contribution >= 0.6 is 0 Å². The van der Waals surface area contributed by atoms with E-state index in [1.54, 1.807) is 0 Å². The van der Waals surface area contributed by atoms with Crippen molar-refractivity contribution in [2.24, 2.45) is 5.73 Å². The van der Waals surface area contributed by atoms with Crippen molar-refractivity contribution in [3.8, 4) is 0 Å². The number of hydrogen-bond donors (Lipinski definition) is 1. The molecule has 0 heterocycles. The first-order chi connectivity index (χ1) is 9.70. The maximum absolute atomic E-state index is 11.3. The van der Waals surface area contributed by atoms with E-state index < -0.39 is 0 Å². The fraction of sp³-hybridized carbons (Fsp3) is 0.588. The number of rotatable bonds is 6. The van der Waals surface area contributed by atoms with E-state index in [-0.39, 0.29) is 12.0 Å². The van der Waals surface area contributed by atoms with Crippen LogP contribution in [0.1, 0.15) is 61.8 Å². The maximum Gasteiger partial charge on any atom is 0.305 e. The number of benzene rings is 1. The topological polar surface area (TPSA) is 52.3 Å². The summed E-state index contributed by atoms with van der Waals surface area (Å²) in [5.74, 6) is -0.120. The molecular formula is C17H25NO2. The van der Waals surface area contributed by atoms with Crippen molar-refractivity contribution in [2.75, 3.05) is 6.61 Å². The second kappa shape index (κ2) is 7.44. The van der Waals surface area contributed by atoms with E-state index in [9.17, 15) is 4.79 Å². The zero-order chi connectivity index (χ0) is 14.4. The monoisotopic (exact) mass is 275 g/mol. The predicted octanol–water partition coefficient (Wildman–Crippen LogP) is 3.30. The molecule has 110 valence electrons. The van der Waals surface area contributed by atoms with Gasteiger partial charge in [0.05, 0.1) is 6.61 Å². The van der Waals surface area contributed by atoms with E-state index in [4.69, 9.17) is 10.5 Å². The summed E-state index contributed by atoms with van der Waals surface area (Å²) in [7, 11) is 0. The SMILES string of the molecule is CCOC(=O)CCCC(N)c1ccc2c(c1)CCCC2. The lowest BCUT2D eigenvalue weighted by Gasteiger charge is -2.19. The second-order valence-corrected chi connectivity index (χ2v) is 5.54. The summed E-state index contributed by atoms with van der Waals surface area (Å²) in [5, 5.41) is 0. The Kier molecular flexibility index (Phi) is 5.60. The van der Waals surface area contributed by atoms with Crippen molar-refractivity contribution in [1.29, 1.82) is 0 Å². The molecule has 0 amide bonds. The second-order valence-electron chi connectivity index (χ2n) is 5.54. The van der Waals surface area contributed by atoms with E-state index in [2.05, 4.69) is 18.2 Å². The minimum atomic E-state index is -0.120. The molecule has 3 nitrogen and oxygen atoms in total. The van der Waals surface area contributed by atoms with E-state index in [1.807, 2.05) is 6.92 Å². The molecule has 3 heteroatoms. The van der Waals surface area contributed by atoms with Gasteiger partial charge in [0, 0.05) is 12.5 Å². The third-order valence-corrected chi connectivity index (χ3v) is 4.00. The van der Waals surface area contributed by atoms with Crippen LogP contribution in [0, 0.1) is 0 Å². The van der Waals surface area contributed by atoms with Gasteiger partial charge in [-0.15, -0.1) is 0 Å². The van der Waals surface area contributed by atoms with Crippen molar-refractivity contribution >= 4 is 5.97 Å². The predicted molar refractivity (Wildman–Crippen MR) is 80.5 cm³/mol. The van der Waals surface area contributed by atoms with Gasteiger partial charge in [-0.3, -0.25) is 4.79 Å². The van der Waals surface area contributed by atoms with Gasteiger partial charge < -0.3 is 10.5 Å². The third kappa shape index (κ3) is 4.07. The number of hydrogen-bond acceptors (Lipinski definition) is 3. The molecule has 20 heavy (non-hydrogen) atoms. The fourth-order valence-electron chi connectivity index (χ4n) is 2.85. The van der Waals surface area contributed by atoms with Crippen molar-refractivity contribution in [3.63, 3.8) is 0 Å². The van der Waals surface area contributed by atoms with Gasteiger partial charge >= 0.3 is 5.97 Å². The van der Waals surface area contributed by atoms with E-state index in [0.29, 0.717) is 13.0 Å². The van der Waals surface area contributed by atoms with Crippen LogP contribution in [0.5, 0.6) is 0 Å². The normalized spacial score (nSPS) is 15.5. The Hall–Kier alpha value is -1.35. The smallest absolute Gasteiger partial charge is 0.305 e. The van der Waals surface area contributed by atoms with E-state index in [0.717, 1.165) is 12.8 Å². The van der Waals surface area contributed by atoms with Crippen LogP contribution in [-0.4, -0.2) is 12.6 Å². The molecule has 1 atom stereocenters. The number of carbonyl (C=O) groups is 1. The molecule has 1 unspecified atom stereocenters. The Morgan fingerprint density at radius 2 is 2.05 bits per heavy atom. The quantitative estimate of drug-likeness (QED) is 0.810. The molecule has 0 aromatic heterocycles. The molecule has 0 saturated heterocycles. The van der Waals surface area contributed by atoms with Crippen molar-refractivity contribution in [3.05, 3.63) is 34.9 Å². The number of carbonyl (C=O) groups excluding carboxylic acids is 1. The molecule has 0 spiro atoms. The van der Waals surface area contributed by atoms with Crippen molar-refractivity contribution in [1.82, 2.24) is 0 Å². The standard InChI is InChI=1S/C17H25NO2/c1-2-20-17(19)9-5-8-16(18)15-11-10-13-6-3-4-7-14(13)12-15/h10-12,16H,2-9,18H2,1H3. The van der Waals surface area contributed by atoms with Crippen LogP contribution in [0.3, 0.4) is 0 Å². The third-order valence-electron chi connectivity index (χ3n) is 4.00. The fourth-order valence-corrected chi connectivity index (χ4v) is 2.85. The molecule has 0 saturated carbocycles. The van der Waals surface area contributed by atoms with Crippen molar-refractivity contribution < 1.29 is 9.53 Å². The minimum absolute atomic E-state index is 0.0247. The van der Waals surface area contributed by atoms with Gasteiger partial charge in [0.15, 0.2) is 0 Å². The molecule has 0 aliphatic heterocycles. The largest absolute Gasteiger partial charge is 0.466 e. The number of nitrogens with two attached hydrogens (primary N) is 1. The van der Waals surface area contributed by atoms with Crippen LogP contribution in [0.15, 0.2) is 18.2 Å². The van der Waals surface area contributed by atoms with Crippen LogP contribution < -0.4 is 5.73 Å². The molecule has 1 aliphatic carbocycles. The minimum Gasteiger partial charge on any atom is -0.466 e. The van der Waals surface area contributed by atoms with Gasteiger partial charge in [0.2, 0.25) is 0 Å². The van der Waals surface area contributed by atoms with Gasteiger partial charge in [-0.1, -0.05) is 18.2 Å². The first kappa shape index (κ1) is 15.0. The summed E-state index contributed by atoms with van der Waals surface area (Å²) in [6.45, 7) is 2.28. The van der Waals surface area contributed by atoms with Crippen LogP contribution in [0.25, 0.3) is 0 Å². The molecule has 2 N–H and O–H groups in total. The lowest BCUT2D eigenvalue weighted by molar-refractivity contribution is -0.143. The molecule has 0 fully saturated rings. The molecular weight excluding hydrogens is 250 g/mol. The highest BCUT2D eigenvalue weighted by Crippen LogP contribution is 2.25. The molecule has 1 aliphatic rings. The van der Waals surface area contributed by atoms with Gasteiger partial charge in [0.1, 0.15) is 0 Å². The van der Waals surface area contributed by atoms with E-state index >= 15 is 0 Å². The Morgan fingerprint density at radius 3 is 2.80 bits per heavy atom. The highest BCUT2D eigenvalue weighted by atomic mass is 16.5. The number of aryl methyl sites for hydroxylation is 2. The summed E-state index contributed by atoms with van der Waals surface area (Å²) in [4.78, 5) is 11.3. The molecule has 0 bridgehead atoms. The molecule has 1 aromatic carbocycles. The van der Waals surface area contributed by atoms with Gasteiger partial charge in [-0.05, 0) is 62.1 Å². The Labute approximate surface area is 121 Å². The summed E-state index contributed by atoms with van der Waals surface area (Å²) in [5.41, 5.74) is 10.4. The average molecular weight is 275 g/mol. The van der Waals surface area contributed by atoms with Crippen LogP contribution in [0.2, 0.25) is 0 Å². The Balaban J connectivity index is 1.86. The van der Waals surface area contributed by atoms with Gasteiger partial charge in [-0.2, -0.15) is 0 Å². The summed E-state index contributed by atoms with van der Waals surface area (Å²) in [6.07, 6.45) is 7.06. The molecule has 2 rings (SSSR count). The summed E-state index contributed by atoms with van der Waals surface area (Å²) in [6, 6.07) is 6.68. The number of fused-ring (bicyclic) bond motifs is 1. The maximum atomic E-state index is 11.3. The van der Waals surface area contributed by atoms with Crippen LogP contribution in [-0.2, 0) is 22.4 Å². The molecule has 1 aromatic rings. The average Bonchev–Trinajstić information content (AvgIpc) is 2.47. The first-order valence-corrected chi connectivity index (χ1v) is 7.73. The zero-order valence-electron chi connectivity index (χ0n) is 12.4. The van der Waals surface area contributed by atoms with Gasteiger partial charge in [-0.25, -0.2) is 0 Å². The lowest BCUT2D eigenvalue weighted by atomic mass is 9.88. The van der Waals surface area contributed by atoms with Gasteiger partial charge in [0.25, 0.3) is 0 Å². The summed E-state index contributed by atoms with van der Waals surface area (Å²) < 4.78 is 4.92. The number of ether oxygens (including phenoxy) is 1. The van der Waals surface area contributed by atoms with Crippen LogP contribution in [0.4, 0.5) is 0 Å². The Morgan fingerprint density at radius 1 is 1.30 bits per heavy atom. The van der Waals surface area contributed by atoms with E-state index in [1.165, 1.54) is 42.4 Å². The highest BCUT2D eigenvalue weighted by Gasteiger charge is 2.13. The lowest BCUT2D eigenvalue weighted by Crippen LogP contribution is -2.13. The zero-order valence-corrected chi connectivity index (χ0v) is 12.4. The first-order valence-electron chi connectivity index (χ1n) is 7.73. The highest BCUT2D eigenvalue weighted by molar-refractivity contribution is 5.69. The van der Waals surface area contributed by atoms with Crippen molar-refractivity contribution in [2.45, 2.75) is 57.9 Å². The summed E-state index contributed by atoms with van der Waals surface area (Å²) >= 11 is 0.